The SMILES string of the molecule is Cc1cccc(N[C@H](c2ccc(Br)cn2)c2ccc3cccnc3c2O)n1. The molecule has 5 nitrogen and oxygen atoms in total. The lowest BCUT2D eigenvalue weighted by atomic mass is 9.99. The van der Waals surface area contributed by atoms with E-state index >= 15 is 0 Å². The molecule has 1 aromatic carbocycles. The molecule has 0 bridgehead atoms. The van der Waals surface area contributed by atoms with Gasteiger partial charge >= 0.3 is 0 Å². The third-order valence-corrected chi connectivity index (χ3v) is 4.79. The van der Waals surface area contributed by atoms with E-state index in [1.165, 1.54) is 0 Å². The predicted octanol–water partition coefficient (Wildman–Crippen LogP) is 5.00. The molecule has 0 saturated carbocycles. The maximum Gasteiger partial charge on any atom is 0.147 e. The molecule has 27 heavy (non-hydrogen) atoms. The van der Waals surface area contributed by atoms with Crippen molar-refractivity contribution in [2.45, 2.75) is 13.0 Å². The Morgan fingerprint density at radius 1 is 1.00 bits per heavy atom. The summed E-state index contributed by atoms with van der Waals surface area (Å²) in [6.45, 7) is 1.94. The van der Waals surface area contributed by atoms with E-state index in [1.54, 1.807) is 12.4 Å². The van der Waals surface area contributed by atoms with Crippen LogP contribution >= 0.6 is 15.9 Å². The molecule has 0 saturated heterocycles. The number of aromatic nitrogens is 3. The van der Waals surface area contributed by atoms with Crippen LogP contribution in [0.3, 0.4) is 0 Å². The second-order valence-corrected chi connectivity index (χ2v) is 7.14. The minimum absolute atomic E-state index is 0.142. The molecule has 0 spiro atoms. The van der Waals surface area contributed by atoms with Gasteiger partial charge < -0.3 is 10.4 Å². The van der Waals surface area contributed by atoms with Gasteiger partial charge in [0.15, 0.2) is 0 Å². The number of rotatable bonds is 4. The molecule has 0 radical (unpaired) electrons. The summed E-state index contributed by atoms with van der Waals surface area (Å²) in [6.07, 6.45) is 3.41. The third kappa shape index (κ3) is 3.61. The lowest BCUT2D eigenvalue weighted by Gasteiger charge is -2.21. The Morgan fingerprint density at radius 2 is 1.89 bits per heavy atom. The van der Waals surface area contributed by atoms with E-state index in [9.17, 15) is 5.11 Å². The van der Waals surface area contributed by atoms with Crippen LogP contribution in [-0.4, -0.2) is 20.1 Å². The number of anilines is 1. The van der Waals surface area contributed by atoms with Gasteiger partial charge in [-0.05, 0) is 53.2 Å². The van der Waals surface area contributed by atoms with E-state index in [-0.39, 0.29) is 11.8 Å². The Kier molecular flexibility index (Phi) is 4.73. The average Bonchev–Trinajstić information content (AvgIpc) is 2.68. The van der Waals surface area contributed by atoms with Gasteiger partial charge in [-0.1, -0.05) is 24.3 Å². The number of hydrogen-bond acceptors (Lipinski definition) is 5. The highest BCUT2D eigenvalue weighted by atomic mass is 79.9. The summed E-state index contributed by atoms with van der Waals surface area (Å²) in [5, 5.41) is 15.2. The molecular weight excluding hydrogens is 404 g/mol. The molecule has 0 aliphatic carbocycles. The molecule has 1 atom stereocenters. The highest BCUT2D eigenvalue weighted by molar-refractivity contribution is 9.10. The van der Waals surface area contributed by atoms with E-state index in [4.69, 9.17) is 0 Å². The number of halogens is 1. The zero-order valence-corrected chi connectivity index (χ0v) is 16.2. The normalized spacial score (nSPS) is 12.1. The summed E-state index contributed by atoms with van der Waals surface area (Å²) in [5.41, 5.74) is 2.94. The smallest absolute Gasteiger partial charge is 0.147 e. The van der Waals surface area contributed by atoms with Gasteiger partial charge in [0.2, 0.25) is 0 Å². The monoisotopic (exact) mass is 420 g/mol. The summed E-state index contributed by atoms with van der Waals surface area (Å²) >= 11 is 3.42. The highest BCUT2D eigenvalue weighted by Crippen LogP contribution is 2.35. The molecule has 0 unspecified atom stereocenters. The van der Waals surface area contributed by atoms with E-state index in [1.807, 2.05) is 61.5 Å². The number of benzene rings is 1. The topological polar surface area (TPSA) is 70.9 Å². The van der Waals surface area contributed by atoms with Crippen molar-refractivity contribution >= 4 is 32.7 Å². The quantitative estimate of drug-likeness (QED) is 0.485. The van der Waals surface area contributed by atoms with Gasteiger partial charge in [-0.15, -0.1) is 0 Å². The van der Waals surface area contributed by atoms with Crippen molar-refractivity contribution < 1.29 is 5.11 Å². The number of aromatic hydroxyl groups is 1. The van der Waals surface area contributed by atoms with Crippen LogP contribution in [0.1, 0.15) is 23.0 Å². The zero-order chi connectivity index (χ0) is 18.8. The van der Waals surface area contributed by atoms with Crippen molar-refractivity contribution in [2.24, 2.45) is 0 Å². The van der Waals surface area contributed by atoms with Crippen molar-refractivity contribution in [1.29, 1.82) is 0 Å². The van der Waals surface area contributed by atoms with Crippen LogP contribution in [0, 0.1) is 6.92 Å². The van der Waals surface area contributed by atoms with Gasteiger partial charge in [0.25, 0.3) is 0 Å². The number of phenols is 1. The lowest BCUT2D eigenvalue weighted by molar-refractivity contribution is 0.471. The average molecular weight is 421 g/mol. The Labute approximate surface area is 165 Å². The molecule has 134 valence electrons. The minimum atomic E-state index is -0.376. The lowest BCUT2D eigenvalue weighted by Crippen LogP contribution is -2.15. The van der Waals surface area contributed by atoms with Crippen LogP contribution < -0.4 is 5.32 Å². The molecule has 0 fully saturated rings. The van der Waals surface area contributed by atoms with Crippen LogP contribution in [0.2, 0.25) is 0 Å². The third-order valence-electron chi connectivity index (χ3n) is 4.32. The van der Waals surface area contributed by atoms with Crippen LogP contribution in [-0.2, 0) is 0 Å². The zero-order valence-electron chi connectivity index (χ0n) is 14.6. The molecule has 3 heterocycles. The number of nitrogens with zero attached hydrogens (tertiary/aromatic N) is 3. The Morgan fingerprint density at radius 3 is 2.67 bits per heavy atom. The molecular formula is C21H17BrN4O. The first-order chi connectivity index (χ1) is 13.1. The fraction of sp³-hybridized carbons (Fsp3) is 0.0952. The number of aryl methyl sites for hydroxylation is 1. The van der Waals surface area contributed by atoms with Crippen LogP contribution in [0.4, 0.5) is 5.82 Å². The molecule has 0 aliphatic rings. The van der Waals surface area contributed by atoms with Gasteiger partial charge in [-0.25, -0.2) is 4.98 Å². The predicted molar refractivity (Wildman–Crippen MR) is 110 cm³/mol. The van der Waals surface area contributed by atoms with Crippen LogP contribution in [0.5, 0.6) is 5.75 Å². The summed E-state index contributed by atoms with van der Waals surface area (Å²) in [5.74, 6) is 0.855. The van der Waals surface area contributed by atoms with Crippen molar-refractivity contribution in [2.75, 3.05) is 5.32 Å². The fourth-order valence-electron chi connectivity index (χ4n) is 3.02. The first-order valence-corrected chi connectivity index (χ1v) is 9.29. The summed E-state index contributed by atoms with van der Waals surface area (Å²) < 4.78 is 0.892. The Balaban J connectivity index is 1.84. The molecule has 0 amide bonds. The number of hydrogen-bond donors (Lipinski definition) is 2. The largest absolute Gasteiger partial charge is 0.505 e. The molecule has 4 aromatic rings. The second kappa shape index (κ2) is 7.32. The molecule has 3 aromatic heterocycles. The molecule has 4 rings (SSSR count). The summed E-state index contributed by atoms with van der Waals surface area (Å²) in [6, 6.07) is 16.9. The van der Waals surface area contributed by atoms with Gasteiger partial charge in [0.1, 0.15) is 17.1 Å². The van der Waals surface area contributed by atoms with E-state index in [0.717, 1.165) is 21.2 Å². The van der Waals surface area contributed by atoms with Gasteiger partial charge in [0, 0.05) is 33.5 Å². The highest BCUT2D eigenvalue weighted by Gasteiger charge is 2.21. The summed E-state index contributed by atoms with van der Waals surface area (Å²) in [4.78, 5) is 13.4. The first-order valence-electron chi connectivity index (χ1n) is 8.50. The van der Waals surface area contributed by atoms with Crippen molar-refractivity contribution in [3.63, 3.8) is 0 Å². The number of nitrogens with one attached hydrogen (secondary N) is 1. The van der Waals surface area contributed by atoms with Crippen LogP contribution in [0.25, 0.3) is 10.9 Å². The van der Waals surface area contributed by atoms with Crippen molar-refractivity contribution in [3.8, 4) is 5.75 Å². The number of fused-ring (bicyclic) bond motifs is 1. The van der Waals surface area contributed by atoms with Crippen molar-refractivity contribution in [1.82, 2.24) is 15.0 Å². The Hall–Kier alpha value is -2.99. The van der Waals surface area contributed by atoms with E-state index < -0.39 is 0 Å². The maximum atomic E-state index is 10.9. The van der Waals surface area contributed by atoms with Gasteiger partial charge in [-0.2, -0.15) is 0 Å². The molecule has 2 N–H and O–H groups in total. The number of pyridine rings is 3. The van der Waals surface area contributed by atoms with Crippen LogP contribution in [0.15, 0.2) is 71.5 Å². The Bertz CT molecular complexity index is 1100. The molecule has 6 heteroatoms. The maximum absolute atomic E-state index is 10.9. The fourth-order valence-corrected chi connectivity index (χ4v) is 3.25. The minimum Gasteiger partial charge on any atom is -0.505 e. The van der Waals surface area contributed by atoms with E-state index in [0.29, 0.717) is 16.9 Å². The van der Waals surface area contributed by atoms with Crippen molar-refractivity contribution in [3.05, 3.63) is 88.4 Å². The second-order valence-electron chi connectivity index (χ2n) is 6.22. The molecule has 0 aliphatic heterocycles. The van der Waals surface area contributed by atoms with E-state index in [2.05, 4.69) is 36.2 Å². The summed E-state index contributed by atoms with van der Waals surface area (Å²) in [7, 11) is 0. The van der Waals surface area contributed by atoms with Gasteiger partial charge in [0.05, 0.1) is 11.7 Å². The standard InChI is InChI=1S/C21H17BrN4O/c1-13-4-2-6-18(25-13)26-20(17-10-8-15(22)12-24-17)16-9-7-14-5-3-11-23-19(14)21(16)27/h2-12,20,27H,1H3,(H,25,26)/t20-/m0/s1. The first kappa shape index (κ1) is 17.4. The van der Waals surface area contributed by atoms with Gasteiger partial charge in [-0.3, -0.25) is 9.97 Å². The number of phenolic OH excluding ortho intramolecular Hbond substituents is 1.